The molecule has 1 aliphatic heterocycles. The molecule has 12 nitrogen and oxygen atoms in total. The van der Waals surface area contributed by atoms with E-state index in [1.54, 1.807) is 0 Å². The quantitative estimate of drug-likeness (QED) is 0.0251. The van der Waals surface area contributed by atoms with Crippen molar-refractivity contribution in [2.45, 2.75) is 365 Å². The molecule has 1 fully saturated rings. The maximum Gasteiger partial charge on any atom is 0.397 e. The molecular weight excluding hydrogens is 943 g/mol. The molecule has 0 saturated carbocycles. The van der Waals surface area contributed by atoms with E-state index in [1.807, 2.05) is 0 Å². The van der Waals surface area contributed by atoms with Crippen molar-refractivity contribution in [2.24, 2.45) is 0 Å². The van der Waals surface area contributed by atoms with Crippen molar-refractivity contribution in [2.75, 3.05) is 13.2 Å². The Morgan fingerprint density at radius 2 is 0.795 bits per heavy atom. The molecule has 13 heteroatoms. The van der Waals surface area contributed by atoms with Crippen LogP contribution in [0.3, 0.4) is 0 Å². The smallest absolute Gasteiger partial charge is 0.394 e. The molecule has 0 aromatic carbocycles. The van der Waals surface area contributed by atoms with Crippen molar-refractivity contribution in [3.8, 4) is 0 Å². The number of unbranched alkanes of at least 4 members (excludes halogenated alkanes) is 44. The molecule has 73 heavy (non-hydrogen) atoms. The summed E-state index contributed by atoms with van der Waals surface area (Å²) in [5.41, 5.74) is 0. The van der Waals surface area contributed by atoms with Crippen LogP contribution >= 0.6 is 0 Å². The molecule has 0 radical (unpaired) electrons. The summed E-state index contributed by atoms with van der Waals surface area (Å²) in [4.78, 5) is 13.2. The minimum atomic E-state index is -5.08. The van der Waals surface area contributed by atoms with Crippen LogP contribution in [0.25, 0.3) is 0 Å². The van der Waals surface area contributed by atoms with Gasteiger partial charge in [0, 0.05) is 6.42 Å². The zero-order valence-corrected chi connectivity index (χ0v) is 48.3. The number of hydrogen-bond donors (Lipinski definition) is 6. The second-order valence-electron chi connectivity index (χ2n) is 22.4. The van der Waals surface area contributed by atoms with E-state index in [4.69, 9.17) is 9.47 Å². The van der Waals surface area contributed by atoms with Crippen molar-refractivity contribution in [1.82, 2.24) is 5.32 Å². The second kappa shape index (κ2) is 50.6. The standard InChI is InChI=1S/C60H119NO11S/c1-3-5-7-9-11-13-15-17-19-20-21-22-23-24-25-26-27-28-29-30-31-32-33-34-36-38-40-42-44-46-48-50-56(64)61-53(52-70-60-58(66)59(72-73(67,68)69)57(65)55(51-62)71-60)54(63)49-47-45-43-41-39-37-35-18-16-14-12-10-8-6-4-2/h53-55,57-60,62-63,65-66H,3-52H2,1-2H3,(H,61,64)(H,67,68,69). The molecule has 6 N–H and O–H groups in total. The summed E-state index contributed by atoms with van der Waals surface area (Å²) in [6.07, 6.45) is 51.3. The predicted molar refractivity (Wildman–Crippen MR) is 301 cm³/mol. The predicted octanol–water partition coefficient (Wildman–Crippen LogP) is 15.2. The molecule has 436 valence electrons. The molecule has 1 amide bonds. The van der Waals surface area contributed by atoms with Gasteiger partial charge in [0.1, 0.15) is 24.4 Å². The first-order valence-electron chi connectivity index (χ1n) is 31.4. The van der Waals surface area contributed by atoms with E-state index in [9.17, 15) is 38.2 Å². The van der Waals surface area contributed by atoms with Crippen molar-refractivity contribution >= 4 is 16.3 Å². The minimum absolute atomic E-state index is 0.221. The Kier molecular flexibility index (Phi) is 48.6. The van der Waals surface area contributed by atoms with Gasteiger partial charge in [-0.3, -0.25) is 9.35 Å². The van der Waals surface area contributed by atoms with Gasteiger partial charge in [0.2, 0.25) is 5.91 Å². The van der Waals surface area contributed by atoms with E-state index < -0.39 is 59.9 Å². The zero-order chi connectivity index (χ0) is 53.3. The molecule has 0 bridgehead atoms. The lowest BCUT2D eigenvalue weighted by Crippen LogP contribution is -2.61. The summed E-state index contributed by atoms with van der Waals surface area (Å²) >= 11 is 0. The third-order valence-electron chi connectivity index (χ3n) is 15.4. The first-order valence-corrected chi connectivity index (χ1v) is 32.8. The van der Waals surface area contributed by atoms with E-state index in [2.05, 4.69) is 23.3 Å². The first kappa shape index (κ1) is 70.1. The van der Waals surface area contributed by atoms with Gasteiger partial charge in [0.05, 0.1) is 25.4 Å². The Bertz CT molecular complexity index is 1290. The van der Waals surface area contributed by atoms with Crippen LogP contribution in [-0.2, 0) is 28.9 Å². The first-order chi connectivity index (χ1) is 35.5. The molecule has 1 rings (SSSR count). The summed E-state index contributed by atoms with van der Waals surface area (Å²) < 4.78 is 47.9. The Balaban J connectivity index is 2.21. The third-order valence-corrected chi connectivity index (χ3v) is 15.9. The molecular formula is C60H119NO11S. The van der Waals surface area contributed by atoms with E-state index in [-0.39, 0.29) is 12.5 Å². The van der Waals surface area contributed by atoms with Crippen molar-refractivity contribution in [3.63, 3.8) is 0 Å². The highest BCUT2D eigenvalue weighted by atomic mass is 32.3. The third kappa shape index (κ3) is 42.8. The number of rotatable bonds is 56. The molecule has 0 aliphatic carbocycles. The second-order valence-corrected chi connectivity index (χ2v) is 23.4. The molecule has 1 heterocycles. The topological polar surface area (TPSA) is 192 Å². The number of amides is 1. The van der Waals surface area contributed by atoms with Crippen LogP contribution in [0, 0.1) is 0 Å². The monoisotopic (exact) mass is 1060 g/mol. The van der Waals surface area contributed by atoms with Crippen LogP contribution in [0.1, 0.15) is 322 Å². The highest BCUT2D eigenvalue weighted by Crippen LogP contribution is 2.26. The maximum absolute atomic E-state index is 13.2. The lowest BCUT2D eigenvalue weighted by Gasteiger charge is -2.41. The Labute approximate surface area is 449 Å². The van der Waals surface area contributed by atoms with Gasteiger partial charge < -0.3 is 35.2 Å². The largest absolute Gasteiger partial charge is 0.397 e. The van der Waals surface area contributed by atoms with Gasteiger partial charge in [-0.1, -0.05) is 303 Å². The molecule has 7 atom stereocenters. The van der Waals surface area contributed by atoms with Crippen LogP contribution in [0.15, 0.2) is 0 Å². The van der Waals surface area contributed by atoms with Gasteiger partial charge in [-0.05, 0) is 12.8 Å². The Morgan fingerprint density at radius 3 is 1.10 bits per heavy atom. The number of nitrogens with one attached hydrogen (secondary N) is 1. The highest BCUT2D eigenvalue weighted by Gasteiger charge is 2.48. The molecule has 0 spiro atoms. The Morgan fingerprint density at radius 1 is 0.493 bits per heavy atom. The average Bonchev–Trinajstić information content (AvgIpc) is 3.37. The summed E-state index contributed by atoms with van der Waals surface area (Å²) in [7, 11) is -5.08. The number of carbonyl (C=O) groups excluding carboxylic acids is 1. The van der Waals surface area contributed by atoms with Gasteiger partial charge in [-0.15, -0.1) is 0 Å². The Hall–Kier alpha value is -0.900. The molecule has 0 aromatic heterocycles. The minimum Gasteiger partial charge on any atom is -0.394 e. The van der Waals surface area contributed by atoms with E-state index in [0.29, 0.717) is 12.8 Å². The number of aliphatic hydroxyl groups excluding tert-OH is 4. The maximum atomic E-state index is 13.2. The van der Waals surface area contributed by atoms with Gasteiger partial charge in [-0.25, -0.2) is 4.18 Å². The lowest BCUT2D eigenvalue weighted by molar-refractivity contribution is -0.298. The molecule has 7 unspecified atom stereocenters. The highest BCUT2D eigenvalue weighted by molar-refractivity contribution is 7.80. The fraction of sp³-hybridized carbons (Fsp3) is 0.983. The lowest BCUT2D eigenvalue weighted by atomic mass is 9.99. The zero-order valence-electron chi connectivity index (χ0n) is 47.5. The fourth-order valence-corrected chi connectivity index (χ4v) is 11.1. The molecule has 1 saturated heterocycles. The number of aliphatic hydroxyl groups is 4. The van der Waals surface area contributed by atoms with Crippen LogP contribution in [0.4, 0.5) is 0 Å². The number of carbonyl (C=O) groups is 1. The summed E-state index contributed by atoms with van der Waals surface area (Å²) in [6.45, 7) is 3.50. The molecule has 1 aliphatic rings. The van der Waals surface area contributed by atoms with Crippen LogP contribution < -0.4 is 5.32 Å². The van der Waals surface area contributed by atoms with Crippen LogP contribution in [0.2, 0.25) is 0 Å². The summed E-state index contributed by atoms with van der Waals surface area (Å²) in [6, 6.07) is -0.853. The number of hydrogen-bond acceptors (Lipinski definition) is 10. The molecule has 0 aromatic rings. The SMILES string of the molecule is CCCCCCCCCCCCCCCCCCCCCCCCCCCCCCCCCC(=O)NC(COC1OC(CO)C(O)C(OS(=O)(=O)O)C1O)C(O)CCCCCCCCCCCCCCCCC. The van der Waals surface area contributed by atoms with Crippen LogP contribution in [0.5, 0.6) is 0 Å². The van der Waals surface area contributed by atoms with Crippen molar-refractivity contribution < 1.29 is 51.8 Å². The normalized spacial score (nSPS) is 19.1. The average molecular weight is 1060 g/mol. The fourth-order valence-electron chi connectivity index (χ4n) is 10.6. The van der Waals surface area contributed by atoms with Crippen LogP contribution in [-0.4, -0.2) is 95.4 Å². The van der Waals surface area contributed by atoms with Crippen molar-refractivity contribution in [3.05, 3.63) is 0 Å². The van der Waals surface area contributed by atoms with E-state index in [1.165, 1.54) is 244 Å². The van der Waals surface area contributed by atoms with E-state index in [0.717, 1.165) is 51.4 Å². The van der Waals surface area contributed by atoms with E-state index >= 15 is 0 Å². The summed E-state index contributed by atoms with van der Waals surface area (Å²) in [5.74, 6) is -0.221. The van der Waals surface area contributed by atoms with Gasteiger partial charge in [0.15, 0.2) is 6.29 Å². The van der Waals surface area contributed by atoms with Gasteiger partial charge in [-0.2, -0.15) is 8.42 Å². The summed E-state index contributed by atoms with van der Waals surface area (Å²) in [5, 5.41) is 45.1. The van der Waals surface area contributed by atoms with Gasteiger partial charge >= 0.3 is 10.4 Å². The van der Waals surface area contributed by atoms with Gasteiger partial charge in [0.25, 0.3) is 0 Å². The van der Waals surface area contributed by atoms with Crippen molar-refractivity contribution in [1.29, 1.82) is 0 Å². The number of ether oxygens (including phenoxy) is 2.